The number of nitrogens with zero attached hydrogens (tertiary/aromatic N) is 1. The van der Waals surface area contributed by atoms with Gasteiger partial charge >= 0.3 is 6.03 Å². The van der Waals surface area contributed by atoms with Crippen LogP contribution in [0.3, 0.4) is 0 Å². The normalized spacial score (nSPS) is 37.5. The monoisotopic (exact) mass is 282 g/mol. The number of ether oxygens (including phenoxy) is 1. The smallest absolute Gasteiger partial charge is 0.341 e. The summed E-state index contributed by atoms with van der Waals surface area (Å²) in [6.45, 7) is 2.88. The number of amides is 2. The van der Waals surface area contributed by atoms with Crippen molar-refractivity contribution in [1.29, 1.82) is 0 Å². The molecule has 0 spiro atoms. The molecule has 0 bridgehead atoms. The zero-order chi connectivity index (χ0) is 13.9. The molecule has 0 aromatic carbocycles. The van der Waals surface area contributed by atoms with E-state index < -0.39 is 0 Å². The Morgan fingerprint density at radius 1 is 1.20 bits per heavy atom. The number of hydrogen-bond acceptors (Lipinski definition) is 3. The van der Waals surface area contributed by atoms with E-state index in [-0.39, 0.29) is 12.3 Å². The van der Waals surface area contributed by atoms with Crippen LogP contribution in [0.15, 0.2) is 0 Å². The van der Waals surface area contributed by atoms with Crippen LogP contribution in [0, 0.1) is 5.92 Å². The predicted octanol–water partition coefficient (Wildman–Crippen LogP) is 2.81. The second-order valence-corrected chi connectivity index (χ2v) is 6.43. The molecule has 5 nitrogen and oxygen atoms in total. The minimum absolute atomic E-state index is 0.0823. The van der Waals surface area contributed by atoms with E-state index in [9.17, 15) is 4.79 Å². The number of carbonyl (C=O) groups excluding carboxylic acids is 1. The number of fused-ring (bicyclic) bond motifs is 1. The molecule has 1 aliphatic carbocycles. The molecular weight excluding hydrogens is 256 g/mol. The quantitative estimate of drug-likeness (QED) is 0.792. The zero-order valence-electron chi connectivity index (χ0n) is 12.3. The summed E-state index contributed by atoms with van der Waals surface area (Å²) < 4.78 is 5.47. The topological polar surface area (TPSA) is 50.8 Å². The summed E-state index contributed by atoms with van der Waals surface area (Å²) in [5.74, 6) is 0.690. The van der Waals surface area contributed by atoms with E-state index in [1.54, 1.807) is 0 Å². The largest absolute Gasteiger partial charge is 0.350 e. The molecular formula is C15H26N2O3. The third kappa shape index (κ3) is 2.93. The van der Waals surface area contributed by atoms with Gasteiger partial charge in [0.15, 0.2) is 6.29 Å². The van der Waals surface area contributed by atoms with E-state index in [0.29, 0.717) is 18.0 Å². The Balaban J connectivity index is 1.53. The third-order valence-electron chi connectivity index (χ3n) is 5.00. The van der Waals surface area contributed by atoms with E-state index in [1.165, 1.54) is 19.3 Å². The highest BCUT2D eigenvalue weighted by atomic mass is 16.8. The number of hydroxylamine groups is 1. The first-order valence-electron chi connectivity index (χ1n) is 8.11. The van der Waals surface area contributed by atoms with Crippen LogP contribution >= 0.6 is 0 Å². The first-order valence-corrected chi connectivity index (χ1v) is 8.11. The number of carbonyl (C=O) groups is 1. The summed E-state index contributed by atoms with van der Waals surface area (Å²) in [7, 11) is 0. The van der Waals surface area contributed by atoms with Gasteiger partial charge in [0, 0.05) is 25.1 Å². The van der Waals surface area contributed by atoms with Crippen LogP contribution in [0.4, 0.5) is 4.79 Å². The molecule has 20 heavy (non-hydrogen) atoms. The van der Waals surface area contributed by atoms with Gasteiger partial charge in [-0.2, -0.15) is 0 Å². The number of nitrogens with one attached hydrogen (secondary N) is 1. The molecule has 3 aliphatic rings. The van der Waals surface area contributed by atoms with E-state index in [1.807, 2.05) is 4.90 Å². The Morgan fingerprint density at radius 2 is 2.00 bits per heavy atom. The highest BCUT2D eigenvalue weighted by Crippen LogP contribution is 2.39. The molecule has 2 amide bonds. The molecule has 2 aliphatic heterocycles. The van der Waals surface area contributed by atoms with Crippen LogP contribution in [0.2, 0.25) is 0 Å². The predicted molar refractivity (Wildman–Crippen MR) is 74.9 cm³/mol. The van der Waals surface area contributed by atoms with E-state index in [2.05, 4.69) is 12.4 Å². The van der Waals surface area contributed by atoms with Gasteiger partial charge in [-0.15, -0.1) is 0 Å². The van der Waals surface area contributed by atoms with E-state index in [0.717, 1.165) is 38.7 Å². The van der Waals surface area contributed by atoms with Crippen LogP contribution in [-0.2, 0) is 9.57 Å². The fraction of sp³-hybridized carbons (Fsp3) is 0.933. The van der Waals surface area contributed by atoms with Gasteiger partial charge in [0.2, 0.25) is 0 Å². The Morgan fingerprint density at radius 3 is 2.80 bits per heavy atom. The van der Waals surface area contributed by atoms with Crippen molar-refractivity contribution in [3.8, 4) is 0 Å². The van der Waals surface area contributed by atoms with Crippen LogP contribution in [0.5, 0.6) is 0 Å². The maximum absolute atomic E-state index is 12.4. The lowest BCUT2D eigenvalue weighted by atomic mass is 9.85. The SMILES string of the molecule is C[C@@H]1C[C@@H]2CCCC[C@H]2N1C(=O)NO[C@@H]1CCCCO1. The maximum Gasteiger partial charge on any atom is 0.341 e. The summed E-state index contributed by atoms with van der Waals surface area (Å²) in [5, 5.41) is 0. The van der Waals surface area contributed by atoms with Crippen molar-refractivity contribution in [1.82, 2.24) is 10.4 Å². The van der Waals surface area contributed by atoms with Crippen LogP contribution in [0.25, 0.3) is 0 Å². The average Bonchev–Trinajstić information content (AvgIpc) is 2.82. The molecule has 3 fully saturated rings. The van der Waals surface area contributed by atoms with Crippen molar-refractivity contribution in [2.24, 2.45) is 5.92 Å². The first-order chi connectivity index (χ1) is 9.75. The number of hydrogen-bond donors (Lipinski definition) is 1. The molecule has 1 saturated carbocycles. The molecule has 0 aromatic heterocycles. The fourth-order valence-electron chi connectivity index (χ4n) is 4.03. The number of urea groups is 1. The Kier molecular flexibility index (Phi) is 4.46. The highest BCUT2D eigenvalue weighted by molar-refractivity contribution is 5.74. The molecule has 0 aromatic rings. The number of likely N-dealkylation sites (tertiary alicyclic amines) is 1. The molecule has 3 rings (SSSR count). The lowest BCUT2D eigenvalue weighted by molar-refractivity contribution is -0.188. The van der Waals surface area contributed by atoms with Crippen molar-refractivity contribution in [2.75, 3.05) is 6.61 Å². The van der Waals surface area contributed by atoms with Crippen molar-refractivity contribution in [3.63, 3.8) is 0 Å². The van der Waals surface area contributed by atoms with E-state index >= 15 is 0 Å². The summed E-state index contributed by atoms with van der Waals surface area (Å²) in [4.78, 5) is 19.8. The summed E-state index contributed by atoms with van der Waals surface area (Å²) >= 11 is 0. The van der Waals surface area contributed by atoms with Crippen molar-refractivity contribution < 1.29 is 14.4 Å². The highest BCUT2D eigenvalue weighted by Gasteiger charge is 2.42. The second-order valence-electron chi connectivity index (χ2n) is 6.43. The minimum Gasteiger partial charge on any atom is -0.350 e. The molecule has 0 unspecified atom stereocenters. The summed E-state index contributed by atoms with van der Waals surface area (Å²) in [5.41, 5.74) is 2.62. The van der Waals surface area contributed by atoms with Gasteiger partial charge in [0.05, 0.1) is 0 Å². The molecule has 5 heteroatoms. The van der Waals surface area contributed by atoms with Gasteiger partial charge in [0.25, 0.3) is 0 Å². The molecule has 2 saturated heterocycles. The molecule has 2 heterocycles. The van der Waals surface area contributed by atoms with Gasteiger partial charge in [-0.3, -0.25) is 0 Å². The van der Waals surface area contributed by atoms with Gasteiger partial charge < -0.3 is 9.64 Å². The zero-order valence-corrected chi connectivity index (χ0v) is 12.3. The van der Waals surface area contributed by atoms with Crippen LogP contribution in [0.1, 0.15) is 58.3 Å². The third-order valence-corrected chi connectivity index (χ3v) is 5.00. The number of rotatable bonds is 2. The van der Waals surface area contributed by atoms with Crippen molar-refractivity contribution in [2.45, 2.75) is 76.7 Å². The molecule has 4 atom stereocenters. The summed E-state index contributed by atoms with van der Waals surface area (Å²) in [6, 6.07) is 0.648. The van der Waals surface area contributed by atoms with Gasteiger partial charge in [-0.25, -0.2) is 15.1 Å². The lowest BCUT2D eigenvalue weighted by Gasteiger charge is -2.33. The molecule has 1 N–H and O–H groups in total. The van der Waals surface area contributed by atoms with Gasteiger partial charge in [-0.1, -0.05) is 12.8 Å². The van der Waals surface area contributed by atoms with Crippen molar-refractivity contribution >= 4 is 6.03 Å². The van der Waals surface area contributed by atoms with Gasteiger partial charge in [0.1, 0.15) is 0 Å². The lowest BCUT2D eigenvalue weighted by Crippen LogP contribution is -2.48. The van der Waals surface area contributed by atoms with Crippen LogP contribution in [-0.4, -0.2) is 35.9 Å². The van der Waals surface area contributed by atoms with Gasteiger partial charge in [-0.05, 0) is 44.9 Å². The van der Waals surface area contributed by atoms with E-state index in [4.69, 9.17) is 9.57 Å². The Labute approximate surface area is 120 Å². The Bertz CT molecular complexity index is 344. The van der Waals surface area contributed by atoms with Crippen molar-refractivity contribution in [3.05, 3.63) is 0 Å². The maximum atomic E-state index is 12.4. The fourth-order valence-corrected chi connectivity index (χ4v) is 4.03. The molecule has 0 radical (unpaired) electrons. The Hall–Kier alpha value is -0.810. The standard InChI is InChI=1S/C15H26N2O3/c1-11-10-12-6-2-3-7-13(12)17(11)15(18)16-20-14-8-4-5-9-19-14/h11-14H,2-10H2,1H3,(H,16,18)/t11-,12+,13-,14-/m1/s1. The first kappa shape index (κ1) is 14.1. The second kappa shape index (κ2) is 6.31. The average molecular weight is 282 g/mol. The molecule has 114 valence electrons. The minimum atomic E-state index is -0.271. The summed E-state index contributed by atoms with van der Waals surface area (Å²) in [6.07, 6.45) is 8.88. The van der Waals surface area contributed by atoms with Crippen LogP contribution < -0.4 is 5.48 Å².